The second-order valence-electron chi connectivity index (χ2n) is 8.59. The predicted octanol–water partition coefficient (Wildman–Crippen LogP) is 5.33. The van der Waals surface area contributed by atoms with E-state index in [4.69, 9.17) is 4.74 Å². The quantitative estimate of drug-likeness (QED) is 0.283. The van der Waals surface area contributed by atoms with E-state index >= 15 is 0 Å². The maximum Gasteiger partial charge on any atom is 0.300 e. The molecule has 1 atom stereocenters. The van der Waals surface area contributed by atoms with Crippen molar-refractivity contribution < 1.29 is 33.3 Å². The molecule has 0 radical (unpaired) electrons. The number of ether oxygens (including phenoxy) is 1. The van der Waals surface area contributed by atoms with Crippen molar-refractivity contribution in [2.75, 3.05) is 11.5 Å². The minimum absolute atomic E-state index is 0.170. The fraction of sp³-hybridized carbons (Fsp3) is 0.185. The number of aliphatic hydroxyl groups is 1. The first-order valence-electron chi connectivity index (χ1n) is 11.0. The van der Waals surface area contributed by atoms with Gasteiger partial charge in [0, 0.05) is 11.6 Å². The highest BCUT2D eigenvalue weighted by Crippen LogP contribution is 2.43. The Kier molecular flexibility index (Phi) is 6.55. The van der Waals surface area contributed by atoms with Gasteiger partial charge in [0.25, 0.3) is 11.7 Å². The highest BCUT2D eigenvalue weighted by atomic mass is 19.1. The van der Waals surface area contributed by atoms with Crippen LogP contribution in [0.3, 0.4) is 0 Å². The molecule has 35 heavy (non-hydrogen) atoms. The largest absolute Gasteiger partial charge is 0.508 e. The lowest BCUT2D eigenvalue weighted by molar-refractivity contribution is -0.132. The number of Topliss-reactive ketones (excluding diaryl/α,β-unsaturated/α-hetero) is 1. The van der Waals surface area contributed by atoms with E-state index in [0.717, 1.165) is 23.1 Å². The van der Waals surface area contributed by atoms with Crippen molar-refractivity contribution in [2.45, 2.75) is 19.9 Å². The number of carbonyl (C=O) groups excluding carboxylic acids is 2. The number of phenolic OH excluding ortho intramolecular Hbond substituents is 1. The van der Waals surface area contributed by atoms with Crippen LogP contribution in [-0.4, -0.2) is 28.5 Å². The third-order valence-electron chi connectivity index (χ3n) is 5.49. The molecule has 0 spiro atoms. The first-order valence-corrected chi connectivity index (χ1v) is 11.0. The molecule has 4 rings (SSSR count). The molecule has 0 aromatic heterocycles. The summed E-state index contributed by atoms with van der Waals surface area (Å²) < 4.78 is 34.4. The van der Waals surface area contributed by atoms with Gasteiger partial charge in [-0.3, -0.25) is 14.5 Å². The number of carbonyl (C=O) groups is 2. The molecule has 180 valence electrons. The highest BCUT2D eigenvalue weighted by Gasteiger charge is 2.48. The number of amides is 1. The summed E-state index contributed by atoms with van der Waals surface area (Å²) in [7, 11) is 0. The average molecular weight is 479 g/mol. The first kappa shape index (κ1) is 23.9. The van der Waals surface area contributed by atoms with Crippen LogP contribution in [0.4, 0.5) is 14.5 Å². The molecule has 1 fully saturated rings. The summed E-state index contributed by atoms with van der Waals surface area (Å²) in [5.74, 6) is -3.94. The summed E-state index contributed by atoms with van der Waals surface area (Å²) in [6.45, 7) is 4.38. The standard InChI is InChI=1S/C27H23F2NO5/c1-15(2)14-35-20-8-4-6-17(12-20)25(32)23-24(16-5-3-7-19(31)11-16)30(27(34)26(23)33)22-13-18(28)9-10-21(22)29/h3-13,15,24,31-32H,14H2,1-2H3/b25-23+. The van der Waals surface area contributed by atoms with Crippen molar-refractivity contribution in [1.82, 2.24) is 0 Å². The third-order valence-corrected chi connectivity index (χ3v) is 5.49. The second-order valence-corrected chi connectivity index (χ2v) is 8.59. The summed E-state index contributed by atoms with van der Waals surface area (Å²) in [6, 6.07) is 13.2. The minimum Gasteiger partial charge on any atom is -0.508 e. The number of aliphatic hydroxyl groups excluding tert-OH is 1. The van der Waals surface area contributed by atoms with Gasteiger partial charge in [0.1, 0.15) is 28.9 Å². The Balaban J connectivity index is 1.90. The third kappa shape index (κ3) is 4.73. The number of hydrogen-bond donors (Lipinski definition) is 2. The minimum atomic E-state index is -1.32. The number of rotatable bonds is 6. The Bertz CT molecular complexity index is 1330. The Labute approximate surface area is 200 Å². The van der Waals surface area contributed by atoms with Gasteiger partial charge < -0.3 is 14.9 Å². The van der Waals surface area contributed by atoms with E-state index in [9.17, 15) is 28.6 Å². The number of hydrogen-bond acceptors (Lipinski definition) is 5. The molecule has 0 saturated carbocycles. The van der Waals surface area contributed by atoms with Gasteiger partial charge in [-0.15, -0.1) is 0 Å². The fourth-order valence-electron chi connectivity index (χ4n) is 3.91. The molecular weight excluding hydrogens is 456 g/mol. The molecule has 3 aromatic carbocycles. The van der Waals surface area contributed by atoms with Gasteiger partial charge >= 0.3 is 0 Å². The van der Waals surface area contributed by atoms with Gasteiger partial charge in [-0.1, -0.05) is 38.1 Å². The van der Waals surface area contributed by atoms with E-state index in [2.05, 4.69) is 0 Å². The van der Waals surface area contributed by atoms with E-state index < -0.39 is 40.8 Å². The Morgan fingerprint density at radius 1 is 1.03 bits per heavy atom. The van der Waals surface area contributed by atoms with Gasteiger partial charge in [-0.05, 0) is 47.9 Å². The van der Waals surface area contributed by atoms with Crippen molar-refractivity contribution in [3.05, 3.63) is 95.1 Å². The maximum absolute atomic E-state index is 14.7. The SMILES string of the molecule is CC(C)COc1cccc(/C(O)=C2\C(=O)C(=O)N(c3cc(F)ccc3F)C2c2cccc(O)c2)c1. The fourth-order valence-corrected chi connectivity index (χ4v) is 3.91. The van der Waals surface area contributed by atoms with Gasteiger partial charge in [-0.25, -0.2) is 8.78 Å². The summed E-state index contributed by atoms with van der Waals surface area (Å²) in [5, 5.41) is 21.2. The molecule has 1 heterocycles. The number of aromatic hydroxyl groups is 1. The summed E-state index contributed by atoms with van der Waals surface area (Å²) in [5.41, 5.74) is -0.366. The maximum atomic E-state index is 14.7. The van der Waals surface area contributed by atoms with E-state index in [1.54, 1.807) is 12.1 Å². The number of ketones is 1. The van der Waals surface area contributed by atoms with Crippen LogP contribution in [0.25, 0.3) is 5.76 Å². The van der Waals surface area contributed by atoms with Crippen molar-refractivity contribution in [3.63, 3.8) is 0 Å². The zero-order valence-electron chi connectivity index (χ0n) is 19.0. The van der Waals surface area contributed by atoms with Gasteiger partial charge in [0.15, 0.2) is 0 Å². The van der Waals surface area contributed by atoms with Crippen molar-refractivity contribution in [1.29, 1.82) is 0 Å². The van der Waals surface area contributed by atoms with Crippen LogP contribution < -0.4 is 9.64 Å². The van der Waals surface area contributed by atoms with Crippen LogP contribution in [-0.2, 0) is 9.59 Å². The Hall–Kier alpha value is -4.20. The monoisotopic (exact) mass is 479 g/mol. The lowest BCUT2D eigenvalue weighted by Gasteiger charge is -2.26. The van der Waals surface area contributed by atoms with Crippen LogP contribution in [0.15, 0.2) is 72.3 Å². The molecule has 1 amide bonds. The summed E-state index contributed by atoms with van der Waals surface area (Å²) in [4.78, 5) is 27.0. The molecule has 0 bridgehead atoms. The number of anilines is 1. The van der Waals surface area contributed by atoms with E-state index in [-0.39, 0.29) is 28.4 Å². The van der Waals surface area contributed by atoms with E-state index in [1.807, 2.05) is 13.8 Å². The van der Waals surface area contributed by atoms with Crippen LogP contribution in [0.2, 0.25) is 0 Å². The van der Waals surface area contributed by atoms with Crippen LogP contribution in [0.1, 0.15) is 31.0 Å². The molecule has 1 saturated heterocycles. The number of nitrogens with zero attached hydrogens (tertiary/aromatic N) is 1. The number of halogens is 2. The lowest BCUT2D eigenvalue weighted by Crippen LogP contribution is -2.30. The van der Waals surface area contributed by atoms with Gasteiger partial charge in [0.05, 0.1) is 23.9 Å². The molecule has 6 nitrogen and oxygen atoms in total. The Morgan fingerprint density at radius 3 is 2.49 bits per heavy atom. The van der Waals surface area contributed by atoms with Gasteiger partial charge in [-0.2, -0.15) is 0 Å². The van der Waals surface area contributed by atoms with Crippen molar-refractivity contribution >= 4 is 23.1 Å². The normalized spacial score (nSPS) is 17.3. The Morgan fingerprint density at radius 2 is 1.77 bits per heavy atom. The lowest BCUT2D eigenvalue weighted by atomic mass is 9.95. The average Bonchev–Trinajstić information content (AvgIpc) is 3.09. The first-order chi connectivity index (χ1) is 16.7. The molecular formula is C27H23F2NO5. The van der Waals surface area contributed by atoms with E-state index in [1.165, 1.54) is 36.4 Å². The highest BCUT2D eigenvalue weighted by molar-refractivity contribution is 6.51. The number of benzene rings is 3. The zero-order valence-corrected chi connectivity index (χ0v) is 19.0. The summed E-state index contributed by atoms with van der Waals surface area (Å²) >= 11 is 0. The molecule has 2 N–H and O–H groups in total. The zero-order chi connectivity index (χ0) is 25.3. The topological polar surface area (TPSA) is 87.1 Å². The molecule has 1 aliphatic heterocycles. The van der Waals surface area contributed by atoms with Crippen LogP contribution in [0, 0.1) is 17.6 Å². The van der Waals surface area contributed by atoms with Gasteiger partial charge in [0.2, 0.25) is 0 Å². The molecule has 8 heteroatoms. The molecule has 1 aliphatic rings. The van der Waals surface area contributed by atoms with E-state index in [0.29, 0.717) is 12.4 Å². The van der Waals surface area contributed by atoms with Crippen molar-refractivity contribution in [2.24, 2.45) is 5.92 Å². The molecule has 0 aliphatic carbocycles. The predicted molar refractivity (Wildman–Crippen MR) is 126 cm³/mol. The molecule has 1 unspecified atom stereocenters. The van der Waals surface area contributed by atoms with Crippen molar-refractivity contribution in [3.8, 4) is 11.5 Å². The summed E-state index contributed by atoms with van der Waals surface area (Å²) in [6.07, 6.45) is 0. The van der Waals surface area contributed by atoms with Crippen LogP contribution in [0.5, 0.6) is 11.5 Å². The number of phenols is 1. The smallest absolute Gasteiger partial charge is 0.300 e. The molecule has 3 aromatic rings. The van der Waals surface area contributed by atoms with Crippen LogP contribution >= 0.6 is 0 Å². The second kappa shape index (κ2) is 9.58.